The fraction of sp³-hybridized carbons (Fsp3) is 0.417. The largest absolute Gasteiger partial charge is 0.573 e. The van der Waals surface area contributed by atoms with Gasteiger partial charge < -0.3 is 10.1 Å². The van der Waals surface area contributed by atoms with Crippen molar-refractivity contribution < 1.29 is 22.7 Å². The molecule has 0 radical (unpaired) electrons. The molecular formula is C12H16F3NO2. The lowest BCUT2D eigenvalue weighted by atomic mass is 10.2. The van der Waals surface area contributed by atoms with Gasteiger partial charge in [-0.25, -0.2) is 0 Å². The predicted molar refractivity (Wildman–Crippen MR) is 62.0 cm³/mol. The van der Waals surface area contributed by atoms with Crippen molar-refractivity contribution in [1.82, 2.24) is 5.32 Å². The van der Waals surface area contributed by atoms with Gasteiger partial charge in [-0.2, -0.15) is 0 Å². The van der Waals surface area contributed by atoms with Crippen molar-refractivity contribution in [2.24, 2.45) is 0 Å². The molecule has 0 atom stereocenters. The Balaban J connectivity index is 0.00000137. The highest BCUT2D eigenvalue weighted by Gasteiger charge is 2.31. The second kappa shape index (κ2) is 7.58. The molecule has 0 unspecified atom stereocenters. The van der Waals surface area contributed by atoms with Crippen molar-refractivity contribution in [3.05, 3.63) is 29.8 Å². The number of para-hydroxylation sites is 1. The van der Waals surface area contributed by atoms with E-state index in [-0.39, 0.29) is 23.8 Å². The number of hydrogen-bond acceptors (Lipinski definition) is 2. The first-order valence-corrected chi connectivity index (χ1v) is 5.46. The van der Waals surface area contributed by atoms with Gasteiger partial charge in [-0.05, 0) is 6.07 Å². The topological polar surface area (TPSA) is 38.3 Å². The van der Waals surface area contributed by atoms with Crippen LogP contribution in [0.5, 0.6) is 5.75 Å². The molecule has 1 aromatic carbocycles. The van der Waals surface area contributed by atoms with Crippen LogP contribution in [0.1, 0.15) is 26.3 Å². The minimum absolute atomic E-state index is 0.00157. The fourth-order valence-corrected chi connectivity index (χ4v) is 1.09. The highest BCUT2D eigenvalue weighted by Crippen LogP contribution is 2.25. The molecule has 0 aliphatic carbocycles. The molecule has 0 aliphatic rings. The molecule has 18 heavy (non-hydrogen) atoms. The third-order valence-corrected chi connectivity index (χ3v) is 1.73. The Bertz CT molecular complexity index is 378. The number of alkyl halides is 3. The minimum Gasteiger partial charge on any atom is -0.405 e. The third-order valence-electron chi connectivity index (χ3n) is 1.73. The van der Waals surface area contributed by atoms with Crippen molar-refractivity contribution in [2.45, 2.75) is 33.7 Å². The Morgan fingerprint density at radius 3 is 2.33 bits per heavy atom. The Labute approximate surface area is 104 Å². The number of halogens is 3. The fourth-order valence-electron chi connectivity index (χ4n) is 1.09. The Kier molecular flexibility index (Phi) is 6.85. The Morgan fingerprint density at radius 1 is 1.28 bits per heavy atom. The average molecular weight is 263 g/mol. The van der Waals surface area contributed by atoms with Crippen molar-refractivity contribution in [2.75, 3.05) is 0 Å². The monoisotopic (exact) mass is 263 g/mol. The lowest BCUT2D eigenvalue weighted by Gasteiger charge is -2.13. The van der Waals surface area contributed by atoms with E-state index in [1.54, 1.807) is 6.07 Å². The van der Waals surface area contributed by atoms with Crippen LogP contribution >= 0.6 is 0 Å². The minimum atomic E-state index is -4.73. The normalized spacial score (nSPS) is 10.1. The molecule has 3 nitrogen and oxygen atoms in total. The number of amides is 1. The maximum Gasteiger partial charge on any atom is 0.573 e. The summed E-state index contributed by atoms with van der Waals surface area (Å²) in [5, 5.41) is 2.40. The summed E-state index contributed by atoms with van der Waals surface area (Å²) in [6.45, 7) is 5.29. The predicted octanol–water partition coefficient (Wildman–Crippen LogP) is 3.25. The van der Waals surface area contributed by atoms with Gasteiger partial charge in [0.25, 0.3) is 0 Å². The van der Waals surface area contributed by atoms with Crippen molar-refractivity contribution in [1.29, 1.82) is 0 Å². The van der Waals surface area contributed by atoms with Crippen LogP contribution in [0, 0.1) is 0 Å². The van der Waals surface area contributed by atoms with Crippen LogP contribution < -0.4 is 10.1 Å². The van der Waals surface area contributed by atoms with Crippen molar-refractivity contribution in [3.8, 4) is 5.75 Å². The Morgan fingerprint density at radius 2 is 1.83 bits per heavy atom. The number of nitrogens with one attached hydrogen (secondary N) is 1. The van der Waals surface area contributed by atoms with Gasteiger partial charge in [-0.1, -0.05) is 32.0 Å². The van der Waals surface area contributed by atoms with E-state index in [1.807, 2.05) is 13.8 Å². The number of carbonyl (C=O) groups is 1. The molecule has 102 valence electrons. The molecule has 1 amide bonds. The van der Waals surface area contributed by atoms with Gasteiger partial charge in [0.05, 0.1) is 0 Å². The van der Waals surface area contributed by atoms with Crippen LogP contribution in [0.4, 0.5) is 13.2 Å². The first-order valence-electron chi connectivity index (χ1n) is 5.46. The van der Waals surface area contributed by atoms with E-state index < -0.39 is 6.36 Å². The van der Waals surface area contributed by atoms with E-state index in [2.05, 4.69) is 10.1 Å². The average Bonchev–Trinajstić information content (AvgIpc) is 2.28. The van der Waals surface area contributed by atoms with Crippen LogP contribution in [0.3, 0.4) is 0 Å². The maximum atomic E-state index is 12.0. The number of hydrogen-bond donors (Lipinski definition) is 1. The summed E-state index contributed by atoms with van der Waals surface area (Å²) in [7, 11) is 0. The number of carbonyl (C=O) groups excluding carboxylic acids is 1. The number of benzene rings is 1. The smallest absolute Gasteiger partial charge is 0.405 e. The Hall–Kier alpha value is -1.72. The van der Waals surface area contributed by atoms with Gasteiger partial charge in [0, 0.05) is 19.0 Å². The van der Waals surface area contributed by atoms with Crippen LogP contribution in [-0.2, 0) is 11.3 Å². The molecule has 1 aromatic rings. The second-order valence-electron chi connectivity index (χ2n) is 3.07. The summed E-state index contributed by atoms with van der Waals surface area (Å²) in [6, 6.07) is 5.65. The number of ether oxygens (including phenoxy) is 1. The van der Waals surface area contributed by atoms with Crippen LogP contribution in [-0.4, -0.2) is 12.3 Å². The van der Waals surface area contributed by atoms with E-state index in [0.29, 0.717) is 0 Å². The maximum absolute atomic E-state index is 12.0. The highest BCUT2D eigenvalue weighted by atomic mass is 19.4. The highest BCUT2D eigenvalue weighted by molar-refractivity contribution is 5.72. The zero-order chi connectivity index (χ0) is 14.2. The molecule has 0 spiro atoms. The molecule has 0 heterocycles. The first kappa shape index (κ1) is 16.3. The molecule has 0 aromatic heterocycles. The SMILES string of the molecule is CC.CC(=O)NCc1ccccc1OC(F)(F)F. The molecular weight excluding hydrogens is 247 g/mol. The van der Waals surface area contributed by atoms with E-state index in [1.165, 1.54) is 25.1 Å². The van der Waals surface area contributed by atoms with Crippen LogP contribution in [0.25, 0.3) is 0 Å². The standard InChI is InChI=1S/C10H10F3NO2.C2H6/c1-7(15)14-6-8-4-2-3-5-9(8)16-10(11,12)13;1-2/h2-5H,6H2,1H3,(H,14,15);1-2H3. The quantitative estimate of drug-likeness (QED) is 0.909. The van der Waals surface area contributed by atoms with E-state index in [9.17, 15) is 18.0 Å². The van der Waals surface area contributed by atoms with E-state index >= 15 is 0 Å². The van der Waals surface area contributed by atoms with Gasteiger partial charge in [0.2, 0.25) is 5.91 Å². The van der Waals surface area contributed by atoms with Gasteiger partial charge >= 0.3 is 6.36 Å². The summed E-state index contributed by atoms with van der Waals surface area (Å²) in [5.74, 6) is -0.620. The third kappa shape index (κ3) is 6.78. The first-order chi connectivity index (χ1) is 8.38. The lowest BCUT2D eigenvalue weighted by molar-refractivity contribution is -0.274. The lowest BCUT2D eigenvalue weighted by Crippen LogP contribution is -2.22. The molecule has 0 saturated heterocycles. The van der Waals surface area contributed by atoms with Crippen molar-refractivity contribution >= 4 is 5.91 Å². The molecule has 0 bridgehead atoms. The zero-order valence-corrected chi connectivity index (χ0v) is 10.5. The van der Waals surface area contributed by atoms with Crippen molar-refractivity contribution in [3.63, 3.8) is 0 Å². The molecule has 0 fully saturated rings. The molecule has 6 heteroatoms. The molecule has 0 aliphatic heterocycles. The summed E-state index contributed by atoms with van der Waals surface area (Å²) in [4.78, 5) is 10.6. The van der Waals surface area contributed by atoms with Crippen LogP contribution in [0.15, 0.2) is 24.3 Å². The summed E-state index contributed by atoms with van der Waals surface area (Å²) >= 11 is 0. The van der Waals surface area contributed by atoms with E-state index in [0.717, 1.165) is 0 Å². The van der Waals surface area contributed by atoms with Gasteiger partial charge in [-0.15, -0.1) is 13.2 Å². The van der Waals surface area contributed by atoms with E-state index in [4.69, 9.17) is 0 Å². The van der Waals surface area contributed by atoms with Gasteiger partial charge in [0.1, 0.15) is 5.75 Å². The molecule has 1 N–H and O–H groups in total. The van der Waals surface area contributed by atoms with Gasteiger partial charge in [-0.3, -0.25) is 4.79 Å². The number of rotatable bonds is 3. The van der Waals surface area contributed by atoms with Gasteiger partial charge in [0.15, 0.2) is 0 Å². The van der Waals surface area contributed by atoms with Crippen LogP contribution in [0.2, 0.25) is 0 Å². The summed E-state index contributed by atoms with van der Waals surface area (Å²) in [5.41, 5.74) is 0.273. The molecule has 0 saturated carbocycles. The summed E-state index contributed by atoms with van der Waals surface area (Å²) in [6.07, 6.45) is -4.73. The zero-order valence-electron chi connectivity index (χ0n) is 10.5. The second-order valence-corrected chi connectivity index (χ2v) is 3.07. The molecule has 1 rings (SSSR count). The summed E-state index contributed by atoms with van der Waals surface area (Å²) < 4.78 is 39.8.